The number of pyridine rings is 1. The minimum absolute atomic E-state index is 0.770. The van der Waals surface area contributed by atoms with Crippen molar-refractivity contribution in [2.45, 2.75) is 25.4 Å². The summed E-state index contributed by atoms with van der Waals surface area (Å²) >= 11 is 0. The van der Waals surface area contributed by atoms with Crippen molar-refractivity contribution in [3.63, 3.8) is 0 Å². The van der Waals surface area contributed by atoms with Gasteiger partial charge in [-0.15, -0.1) is 0 Å². The number of likely N-dealkylation sites (tertiary alicyclic amines) is 1. The van der Waals surface area contributed by atoms with E-state index in [4.69, 9.17) is 0 Å². The minimum atomic E-state index is 0.770. The van der Waals surface area contributed by atoms with Crippen LogP contribution in [0, 0.1) is 0 Å². The number of nitrogens with zero attached hydrogens (tertiary/aromatic N) is 4. The van der Waals surface area contributed by atoms with Crippen molar-refractivity contribution in [3.05, 3.63) is 60.4 Å². The number of piperazine rings is 1. The summed E-state index contributed by atoms with van der Waals surface area (Å²) in [4.78, 5) is 11.9. The Balaban J connectivity index is 1.24. The number of para-hydroxylation sites is 1. The molecule has 3 heterocycles. The van der Waals surface area contributed by atoms with Gasteiger partial charge in [0.15, 0.2) is 0 Å². The first-order chi connectivity index (χ1) is 12.4. The molecule has 2 fully saturated rings. The van der Waals surface area contributed by atoms with Crippen LogP contribution < -0.4 is 4.90 Å². The van der Waals surface area contributed by atoms with Gasteiger partial charge in [-0.05, 0) is 55.8 Å². The van der Waals surface area contributed by atoms with Gasteiger partial charge in [-0.2, -0.15) is 0 Å². The van der Waals surface area contributed by atoms with E-state index in [2.05, 4.69) is 62.1 Å². The molecule has 4 rings (SSSR count). The normalized spacial score (nSPS) is 20.7. The number of rotatable bonds is 4. The van der Waals surface area contributed by atoms with Gasteiger partial charge in [0.05, 0.1) is 0 Å². The summed E-state index contributed by atoms with van der Waals surface area (Å²) in [7, 11) is 0. The van der Waals surface area contributed by atoms with Gasteiger partial charge >= 0.3 is 0 Å². The van der Waals surface area contributed by atoms with Crippen molar-refractivity contribution >= 4 is 5.69 Å². The van der Waals surface area contributed by atoms with Crippen molar-refractivity contribution in [2.75, 3.05) is 44.2 Å². The van der Waals surface area contributed by atoms with Crippen LogP contribution in [0.5, 0.6) is 0 Å². The highest BCUT2D eigenvalue weighted by Crippen LogP contribution is 2.22. The van der Waals surface area contributed by atoms with E-state index in [0.717, 1.165) is 25.7 Å². The molecule has 25 heavy (non-hydrogen) atoms. The van der Waals surface area contributed by atoms with E-state index in [-0.39, 0.29) is 0 Å². The van der Waals surface area contributed by atoms with E-state index in [1.165, 1.54) is 50.3 Å². The topological polar surface area (TPSA) is 22.6 Å². The zero-order chi connectivity index (χ0) is 16.9. The SMILES string of the molecule is c1ccc(N2CCN(C3CCN(Cc4ccncc4)CC3)CC2)cc1. The molecule has 2 aliphatic heterocycles. The molecule has 0 unspecified atom stereocenters. The molecule has 4 nitrogen and oxygen atoms in total. The second-order valence-electron chi connectivity index (χ2n) is 7.22. The van der Waals surface area contributed by atoms with E-state index in [0.29, 0.717) is 0 Å². The number of piperidine rings is 1. The highest BCUT2D eigenvalue weighted by atomic mass is 15.3. The number of anilines is 1. The van der Waals surface area contributed by atoms with Crippen LogP contribution in [0.2, 0.25) is 0 Å². The van der Waals surface area contributed by atoms with E-state index < -0.39 is 0 Å². The van der Waals surface area contributed by atoms with E-state index in [1.807, 2.05) is 12.4 Å². The van der Waals surface area contributed by atoms with Crippen LogP contribution in [0.1, 0.15) is 18.4 Å². The summed E-state index contributed by atoms with van der Waals surface area (Å²) in [6, 6.07) is 15.9. The van der Waals surface area contributed by atoms with Gasteiger partial charge in [0.2, 0.25) is 0 Å². The summed E-state index contributed by atoms with van der Waals surface area (Å²) in [6.45, 7) is 8.20. The molecular formula is C21H28N4. The minimum Gasteiger partial charge on any atom is -0.369 e. The second-order valence-corrected chi connectivity index (χ2v) is 7.22. The quantitative estimate of drug-likeness (QED) is 0.856. The average Bonchev–Trinajstić information content (AvgIpc) is 2.70. The number of hydrogen-bond acceptors (Lipinski definition) is 4. The van der Waals surface area contributed by atoms with Crippen LogP contribution in [0.25, 0.3) is 0 Å². The Bertz CT molecular complexity index is 629. The van der Waals surface area contributed by atoms with E-state index in [1.54, 1.807) is 0 Å². The zero-order valence-electron chi connectivity index (χ0n) is 14.9. The van der Waals surface area contributed by atoms with Gasteiger partial charge < -0.3 is 4.90 Å². The van der Waals surface area contributed by atoms with E-state index in [9.17, 15) is 0 Å². The van der Waals surface area contributed by atoms with Gasteiger partial charge in [0, 0.05) is 56.8 Å². The number of benzene rings is 1. The number of aromatic nitrogens is 1. The maximum absolute atomic E-state index is 4.11. The van der Waals surface area contributed by atoms with Crippen LogP contribution in [-0.4, -0.2) is 60.1 Å². The van der Waals surface area contributed by atoms with Crippen molar-refractivity contribution in [2.24, 2.45) is 0 Å². The van der Waals surface area contributed by atoms with Crippen molar-refractivity contribution in [1.29, 1.82) is 0 Å². The van der Waals surface area contributed by atoms with Crippen molar-refractivity contribution in [1.82, 2.24) is 14.8 Å². The molecule has 2 aromatic rings. The Kier molecular flexibility index (Phi) is 5.28. The molecule has 0 radical (unpaired) electrons. The lowest BCUT2D eigenvalue weighted by atomic mass is 10.0. The van der Waals surface area contributed by atoms with E-state index >= 15 is 0 Å². The lowest BCUT2D eigenvalue weighted by Crippen LogP contribution is -2.53. The molecule has 1 aromatic carbocycles. The third-order valence-corrected chi connectivity index (χ3v) is 5.66. The maximum atomic E-state index is 4.11. The molecule has 0 atom stereocenters. The summed E-state index contributed by atoms with van der Waals surface area (Å²) in [5, 5.41) is 0. The highest BCUT2D eigenvalue weighted by molar-refractivity contribution is 5.46. The summed E-state index contributed by atoms with van der Waals surface area (Å²) < 4.78 is 0. The number of hydrogen-bond donors (Lipinski definition) is 0. The molecule has 1 aromatic heterocycles. The molecule has 2 saturated heterocycles. The first-order valence-corrected chi connectivity index (χ1v) is 9.54. The smallest absolute Gasteiger partial charge is 0.0367 e. The third-order valence-electron chi connectivity index (χ3n) is 5.66. The molecular weight excluding hydrogens is 308 g/mol. The summed E-state index contributed by atoms with van der Waals surface area (Å²) in [5.41, 5.74) is 2.75. The third kappa shape index (κ3) is 4.20. The molecule has 0 N–H and O–H groups in total. The first-order valence-electron chi connectivity index (χ1n) is 9.54. The Labute approximate surface area is 151 Å². The predicted octanol–water partition coefficient (Wildman–Crippen LogP) is 2.87. The second kappa shape index (κ2) is 7.98. The lowest BCUT2D eigenvalue weighted by Gasteiger charge is -2.43. The molecule has 0 bridgehead atoms. The fourth-order valence-electron chi connectivity index (χ4n) is 4.17. The van der Waals surface area contributed by atoms with Crippen LogP contribution in [0.15, 0.2) is 54.9 Å². The Morgan fingerprint density at radius 2 is 1.48 bits per heavy atom. The Morgan fingerprint density at radius 3 is 2.16 bits per heavy atom. The van der Waals surface area contributed by atoms with Crippen LogP contribution in [0.3, 0.4) is 0 Å². The summed E-state index contributed by atoms with van der Waals surface area (Å²) in [6.07, 6.45) is 6.40. The molecule has 0 aliphatic carbocycles. The predicted molar refractivity (Wildman–Crippen MR) is 103 cm³/mol. The van der Waals surface area contributed by atoms with Crippen molar-refractivity contribution < 1.29 is 0 Å². The van der Waals surface area contributed by atoms with Crippen LogP contribution in [0.4, 0.5) is 5.69 Å². The maximum Gasteiger partial charge on any atom is 0.0367 e. The molecule has 0 saturated carbocycles. The lowest BCUT2D eigenvalue weighted by molar-refractivity contribution is 0.0998. The standard InChI is InChI=1S/C21H28N4/c1-2-4-20(5-3-1)24-14-16-25(17-15-24)21-8-12-23(13-9-21)18-19-6-10-22-11-7-19/h1-7,10-11,21H,8-9,12-18H2. The molecule has 2 aliphatic rings. The Hall–Kier alpha value is -1.91. The molecule has 0 spiro atoms. The average molecular weight is 336 g/mol. The zero-order valence-corrected chi connectivity index (χ0v) is 14.9. The molecule has 4 heteroatoms. The Morgan fingerprint density at radius 1 is 0.800 bits per heavy atom. The fraction of sp³-hybridized carbons (Fsp3) is 0.476. The highest BCUT2D eigenvalue weighted by Gasteiger charge is 2.27. The first kappa shape index (κ1) is 16.6. The van der Waals surface area contributed by atoms with Crippen molar-refractivity contribution in [3.8, 4) is 0 Å². The van der Waals surface area contributed by atoms with Gasteiger partial charge in [-0.25, -0.2) is 0 Å². The molecule has 132 valence electrons. The summed E-state index contributed by atoms with van der Waals surface area (Å²) in [5.74, 6) is 0. The molecule has 0 amide bonds. The van der Waals surface area contributed by atoms with Gasteiger partial charge in [0.25, 0.3) is 0 Å². The van der Waals surface area contributed by atoms with Gasteiger partial charge in [-0.3, -0.25) is 14.8 Å². The van der Waals surface area contributed by atoms with Crippen LogP contribution >= 0.6 is 0 Å². The largest absolute Gasteiger partial charge is 0.369 e. The van der Waals surface area contributed by atoms with Gasteiger partial charge in [0.1, 0.15) is 0 Å². The van der Waals surface area contributed by atoms with Gasteiger partial charge in [-0.1, -0.05) is 18.2 Å². The fourth-order valence-corrected chi connectivity index (χ4v) is 4.17. The van der Waals surface area contributed by atoms with Crippen LogP contribution in [-0.2, 0) is 6.54 Å². The monoisotopic (exact) mass is 336 g/mol.